The van der Waals surface area contributed by atoms with E-state index < -0.39 is 11.9 Å². The van der Waals surface area contributed by atoms with Crippen LogP contribution in [0, 0.1) is 13.8 Å². The molecule has 0 radical (unpaired) electrons. The number of allylic oxidation sites excluding steroid dienone is 4. The van der Waals surface area contributed by atoms with E-state index in [1.54, 1.807) is 0 Å². The van der Waals surface area contributed by atoms with Crippen LogP contribution in [0.2, 0.25) is 0 Å². The van der Waals surface area contributed by atoms with Crippen molar-refractivity contribution < 1.29 is 50.8 Å². The molecule has 5 heterocycles. The van der Waals surface area contributed by atoms with Gasteiger partial charge in [-0.15, -0.1) is 0 Å². The van der Waals surface area contributed by atoms with E-state index in [-0.39, 0.29) is 43.8 Å². The van der Waals surface area contributed by atoms with E-state index in [0.717, 1.165) is 78.0 Å². The standard InChI is InChI=1S/C34H34N4O4.Na.H/c1-7-21-17(3)25-13-26-19(5)23(9-11-33(39)40)31(37-26)16-32-24(10-12-34(41)42)20(6)28(38-32)15-30-22(8-2)18(4)27(36-30)14-29(21)35-25;;/h7-8,13-16,35-36H,1-2,9-12H2,3-6H3,(H,39,40)(H,41,42);;/q;+1;-1. The van der Waals surface area contributed by atoms with Gasteiger partial charge in [0.15, 0.2) is 0 Å². The van der Waals surface area contributed by atoms with Crippen LogP contribution in [0.1, 0.15) is 86.0 Å². The molecule has 4 N–H and O–H groups in total. The van der Waals surface area contributed by atoms with E-state index in [9.17, 15) is 19.8 Å². The van der Waals surface area contributed by atoms with Crippen molar-refractivity contribution in [2.24, 2.45) is 0 Å². The fourth-order valence-electron chi connectivity index (χ4n) is 5.77. The fourth-order valence-corrected chi connectivity index (χ4v) is 5.77. The minimum absolute atomic E-state index is 0. The number of aromatic amines is 2. The quantitative estimate of drug-likeness (QED) is 0.277. The van der Waals surface area contributed by atoms with Gasteiger partial charge in [-0.1, -0.05) is 25.3 Å². The van der Waals surface area contributed by atoms with E-state index in [1.807, 2.05) is 58.0 Å². The van der Waals surface area contributed by atoms with Crippen molar-refractivity contribution >= 4 is 68.4 Å². The van der Waals surface area contributed by atoms with Gasteiger partial charge in [-0.3, -0.25) is 9.59 Å². The molecule has 0 saturated heterocycles. The number of fused-ring (bicyclic) bond motifs is 8. The molecule has 0 aliphatic carbocycles. The molecule has 0 unspecified atom stereocenters. The molecular weight excluding hydrogens is 551 g/mol. The largest absolute Gasteiger partial charge is 1.00 e. The average Bonchev–Trinajstić information content (AvgIpc) is 3.59. The summed E-state index contributed by atoms with van der Waals surface area (Å²) in [5, 5.41) is 18.9. The summed E-state index contributed by atoms with van der Waals surface area (Å²) in [5.74, 6) is -1.78. The number of hydrogen-bond donors (Lipinski definition) is 4. The summed E-state index contributed by atoms with van der Waals surface area (Å²) >= 11 is 0. The van der Waals surface area contributed by atoms with Crippen LogP contribution in [-0.4, -0.2) is 42.1 Å². The Balaban J connectivity index is 0.00000264. The van der Waals surface area contributed by atoms with Crippen molar-refractivity contribution in [3.05, 3.63) is 82.5 Å². The minimum Gasteiger partial charge on any atom is -1.00 e. The molecule has 0 amide bonds. The van der Waals surface area contributed by atoms with Crippen LogP contribution >= 0.6 is 0 Å². The van der Waals surface area contributed by atoms with Gasteiger partial charge < -0.3 is 21.6 Å². The molecule has 8 bridgehead atoms. The van der Waals surface area contributed by atoms with E-state index >= 15 is 0 Å². The summed E-state index contributed by atoms with van der Waals surface area (Å²) in [6, 6.07) is 7.88. The van der Waals surface area contributed by atoms with Crippen LogP contribution in [0.3, 0.4) is 0 Å². The molecule has 0 aromatic carbocycles. The van der Waals surface area contributed by atoms with Gasteiger partial charge >= 0.3 is 41.5 Å². The molecule has 0 spiro atoms. The predicted molar refractivity (Wildman–Crippen MR) is 170 cm³/mol. The number of carboxylic acid groups (broad SMARTS) is 2. The first-order valence-corrected chi connectivity index (χ1v) is 13.9. The molecular formula is C34H35N4NaO4. The summed E-state index contributed by atoms with van der Waals surface area (Å²) in [4.78, 5) is 40.0. The molecule has 3 aromatic heterocycles. The number of aliphatic carboxylic acids is 2. The molecule has 2 aliphatic rings. The number of aryl methyl sites for hydroxylation is 2. The molecule has 8 nitrogen and oxygen atoms in total. The summed E-state index contributed by atoms with van der Waals surface area (Å²) < 4.78 is 0. The van der Waals surface area contributed by atoms with Crippen LogP contribution in [0.4, 0.5) is 0 Å². The fraction of sp³-hybridized carbons (Fsp3) is 0.235. The van der Waals surface area contributed by atoms with Gasteiger partial charge in [-0.25, -0.2) is 9.97 Å². The second-order valence-electron chi connectivity index (χ2n) is 10.7. The number of carbonyl (C=O) groups is 2. The number of carboxylic acids is 2. The van der Waals surface area contributed by atoms with Crippen molar-refractivity contribution in [1.82, 2.24) is 19.9 Å². The zero-order valence-corrected chi connectivity index (χ0v) is 27.3. The van der Waals surface area contributed by atoms with E-state index in [4.69, 9.17) is 9.97 Å². The number of nitrogens with zero attached hydrogens (tertiary/aromatic N) is 2. The predicted octanol–water partition coefficient (Wildman–Crippen LogP) is 4.93. The van der Waals surface area contributed by atoms with Gasteiger partial charge in [0.25, 0.3) is 0 Å². The van der Waals surface area contributed by atoms with Crippen LogP contribution in [0.5, 0.6) is 0 Å². The first kappa shape index (κ1) is 31.9. The molecule has 0 saturated carbocycles. The minimum atomic E-state index is -0.889. The summed E-state index contributed by atoms with van der Waals surface area (Å²) in [6.07, 6.45) is 4.20. The Kier molecular flexibility index (Phi) is 9.44. The van der Waals surface area contributed by atoms with Crippen molar-refractivity contribution in [1.29, 1.82) is 0 Å². The Bertz CT molecular complexity index is 1930. The monoisotopic (exact) mass is 586 g/mol. The van der Waals surface area contributed by atoms with Crippen molar-refractivity contribution in [2.75, 3.05) is 0 Å². The molecule has 3 aromatic rings. The van der Waals surface area contributed by atoms with Crippen molar-refractivity contribution in [2.45, 2.75) is 53.4 Å². The Hall–Kier alpha value is -3.98. The number of hydrogen-bond acceptors (Lipinski definition) is 4. The molecule has 9 heteroatoms. The first-order chi connectivity index (χ1) is 20.0. The Morgan fingerprint density at radius 2 is 1.09 bits per heavy atom. The van der Waals surface area contributed by atoms with E-state index in [1.165, 1.54) is 0 Å². The number of rotatable bonds is 8. The normalized spacial score (nSPS) is 12.7. The third-order valence-corrected chi connectivity index (χ3v) is 8.22. The number of H-pyrrole nitrogens is 2. The SMILES string of the molecule is C=Cc1c(C)c2cc3[nH]c(cc4nc(cc5nc(cc1[nH]2)C(C)=C5CCC(=O)O)C(CCC(=O)O)=C4C)c(C)c3C=C.[H-].[Na+]. The number of nitrogens with one attached hydrogen (secondary N) is 2. The zero-order chi connectivity index (χ0) is 30.3. The maximum Gasteiger partial charge on any atom is 1.00 e. The third-order valence-electron chi connectivity index (χ3n) is 8.22. The van der Waals surface area contributed by atoms with E-state index in [2.05, 4.69) is 29.2 Å². The number of aromatic nitrogens is 4. The maximum atomic E-state index is 11.5. The van der Waals surface area contributed by atoms with Crippen molar-refractivity contribution in [3.8, 4) is 0 Å². The topological polar surface area (TPSA) is 132 Å². The van der Waals surface area contributed by atoms with Crippen LogP contribution in [0.15, 0.2) is 37.4 Å². The summed E-state index contributed by atoms with van der Waals surface area (Å²) in [6.45, 7) is 16.1. The van der Waals surface area contributed by atoms with Crippen LogP contribution in [0.25, 0.3) is 56.5 Å². The van der Waals surface area contributed by atoms with Gasteiger partial charge in [0.05, 0.1) is 22.8 Å². The average molecular weight is 587 g/mol. The molecule has 2 aliphatic heterocycles. The summed E-state index contributed by atoms with van der Waals surface area (Å²) in [7, 11) is 0. The Labute approximate surface area is 273 Å². The smallest absolute Gasteiger partial charge is 1.00 e. The summed E-state index contributed by atoms with van der Waals surface area (Å²) in [5.41, 5.74) is 13.7. The van der Waals surface area contributed by atoms with E-state index in [0.29, 0.717) is 24.2 Å². The molecule has 43 heavy (non-hydrogen) atoms. The molecule has 0 fully saturated rings. The Morgan fingerprint density at radius 1 is 0.698 bits per heavy atom. The van der Waals surface area contributed by atoms with Crippen molar-refractivity contribution in [3.63, 3.8) is 0 Å². The molecule has 216 valence electrons. The van der Waals surface area contributed by atoms with Gasteiger partial charge in [-0.2, -0.15) is 0 Å². The Morgan fingerprint density at radius 3 is 1.51 bits per heavy atom. The molecule has 5 rings (SSSR count). The van der Waals surface area contributed by atoms with Gasteiger partial charge in [0.2, 0.25) is 0 Å². The zero-order valence-electron chi connectivity index (χ0n) is 26.3. The van der Waals surface area contributed by atoms with Gasteiger partial charge in [0, 0.05) is 46.0 Å². The first-order valence-electron chi connectivity index (χ1n) is 13.9. The second kappa shape index (κ2) is 12.7. The second-order valence-corrected chi connectivity index (χ2v) is 10.7. The molecule has 0 atom stereocenters. The third kappa shape index (κ3) is 6.09. The van der Waals surface area contributed by atoms with Gasteiger partial charge in [-0.05, 0) is 98.2 Å². The van der Waals surface area contributed by atoms with Crippen LogP contribution < -0.4 is 29.6 Å². The van der Waals surface area contributed by atoms with Crippen LogP contribution in [-0.2, 0) is 9.59 Å². The van der Waals surface area contributed by atoms with Gasteiger partial charge in [0.1, 0.15) is 0 Å². The maximum absolute atomic E-state index is 11.5.